The summed E-state index contributed by atoms with van der Waals surface area (Å²) in [5.41, 5.74) is 1.26. The number of ether oxygens (including phenoxy) is 1. The van der Waals surface area contributed by atoms with Gasteiger partial charge >= 0.3 is 0 Å². The summed E-state index contributed by atoms with van der Waals surface area (Å²) in [4.78, 5) is 25.6. The summed E-state index contributed by atoms with van der Waals surface area (Å²) in [6.45, 7) is 1.71. The average molecular weight is 538 g/mol. The van der Waals surface area contributed by atoms with Crippen molar-refractivity contribution in [1.29, 1.82) is 0 Å². The Morgan fingerprint density at radius 2 is 1.78 bits per heavy atom. The monoisotopic (exact) mass is 535 g/mol. The van der Waals surface area contributed by atoms with E-state index < -0.39 is 34.2 Å². The molecule has 32 heavy (non-hydrogen) atoms. The molecule has 2 aromatic rings. The topological polar surface area (TPSA) is 79.5 Å². The van der Waals surface area contributed by atoms with Crippen molar-refractivity contribution in [3.63, 3.8) is 0 Å². The summed E-state index contributed by atoms with van der Waals surface area (Å²) in [5.74, 6) is -2.02. The van der Waals surface area contributed by atoms with Crippen molar-refractivity contribution in [3.8, 4) is 0 Å². The van der Waals surface area contributed by atoms with Crippen LogP contribution in [0.4, 0.5) is 5.69 Å². The lowest BCUT2D eigenvalue weighted by Crippen LogP contribution is -2.49. The normalized spacial score (nSPS) is 24.0. The third-order valence-electron chi connectivity index (χ3n) is 5.28. The number of benzene rings is 2. The third kappa shape index (κ3) is 5.12. The van der Waals surface area contributed by atoms with E-state index >= 15 is 0 Å². The molecule has 6 nitrogen and oxygen atoms in total. The maximum atomic E-state index is 12.9. The quantitative estimate of drug-likeness (QED) is 0.477. The van der Waals surface area contributed by atoms with Crippen molar-refractivity contribution >= 4 is 75.5 Å². The van der Waals surface area contributed by atoms with Crippen LogP contribution >= 0.6 is 58.0 Å². The number of carbonyl (C=O) groups is 2. The second kappa shape index (κ2) is 9.55. The minimum Gasteiger partial charge on any atom is -0.356 e. The summed E-state index contributed by atoms with van der Waals surface area (Å²) in [6, 6.07) is 9.55. The van der Waals surface area contributed by atoms with Crippen molar-refractivity contribution in [1.82, 2.24) is 10.6 Å². The van der Waals surface area contributed by atoms with Crippen molar-refractivity contribution in [2.24, 2.45) is 5.92 Å². The zero-order valence-electron chi connectivity index (χ0n) is 16.4. The van der Waals surface area contributed by atoms with Gasteiger partial charge in [0.1, 0.15) is 10.6 Å². The number of hydrogen-bond donors (Lipinski definition) is 3. The fraction of sp³-hybridized carbons (Fsp3) is 0.333. The van der Waals surface area contributed by atoms with Crippen LogP contribution in [0.15, 0.2) is 36.4 Å². The molecule has 1 saturated heterocycles. The Labute approximate surface area is 209 Å². The first kappa shape index (κ1) is 23.9. The number of nitrogens with one attached hydrogen (secondary N) is 3. The molecule has 2 aromatic carbocycles. The Morgan fingerprint density at radius 1 is 1.06 bits per heavy atom. The van der Waals surface area contributed by atoms with Crippen molar-refractivity contribution < 1.29 is 14.3 Å². The van der Waals surface area contributed by atoms with E-state index in [1.807, 2.05) is 0 Å². The van der Waals surface area contributed by atoms with Gasteiger partial charge in [-0.2, -0.15) is 0 Å². The Hall–Kier alpha value is -1.25. The Balaban J connectivity index is 1.47. The van der Waals surface area contributed by atoms with Gasteiger partial charge in [-0.1, -0.05) is 34.8 Å². The highest BCUT2D eigenvalue weighted by atomic mass is 35.5. The number of rotatable bonds is 5. The molecular weight excluding hydrogens is 520 g/mol. The van der Waals surface area contributed by atoms with Crippen LogP contribution in [0.25, 0.3) is 0 Å². The van der Waals surface area contributed by atoms with Gasteiger partial charge < -0.3 is 20.7 Å². The molecule has 170 valence electrons. The first-order valence-electron chi connectivity index (χ1n) is 9.74. The first-order valence-corrected chi connectivity index (χ1v) is 11.6. The Bertz CT molecular complexity index is 1040. The highest BCUT2D eigenvalue weighted by Crippen LogP contribution is 2.65. The largest absolute Gasteiger partial charge is 0.356 e. The van der Waals surface area contributed by atoms with Gasteiger partial charge in [-0.05, 0) is 42.0 Å². The van der Waals surface area contributed by atoms with Crippen LogP contribution in [-0.4, -0.2) is 42.1 Å². The number of morpholine rings is 1. The molecule has 4 rings (SSSR count). The third-order valence-corrected chi connectivity index (χ3v) is 6.98. The molecule has 0 radical (unpaired) electrons. The zero-order valence-corrected chi connectivity index (χ0v) is 20.2. The van der Waals surface area contributed by atoms with Gasteiger partial charge in [-0.3, -0.25) is 9.59 Å². The predicted molar refractivity (Wildman–Crippen MR) is 127 cm³/mol. The van der Waals surface area contributed by atoms with Crippen LogP contribution in [-0.2, 0) is 9.53 Å². The molecule has 3 atom stereocenters. The van der Waals surface area contributed by atoms with Crippen LogP contribution in [0, 0.1) is 5.92 Å². The summed E-state index contributed by atoms with van der Waals surface area (Å²) in [6.07, 6.45) is -0.463. The van der Waals surface area contributed by atoms with Gasteiger partial charge in [0.15, 0.2) is 0 Å². The molecule has 1 heterocycles. The standard InChI is InChI=1S/C21H18Cl5N3O3/c22-11-5-10(6-12(23)7-11)17-18(21(17,25)26)20(31)28-13-1-2-15(24)14(8-13)19(30)29-16-9-27-3-4-32-16/h1-2,5-8,16-18,27H,3-4,9H2,(H,28,31)(H,29,30)/t16?,17-,18+/m0/s1. The van der Waals surface area contributed by atoms with Gasteiger partial charge in [0.2, 0.25) is 5.91 Å². The molecule has 1 unspecified atom stereocenters. The summed E-state index contributed by atoms with van der Waals surface area (Å²) < 4.78 is 4.17. The van der Waals surface area contributed by atoms with E-state index in [2.05, 4.69) is 16.0 Å². The molecular formula is C21H18Cl5N3O3. The van der Waals surface area contributed by atoms with E-state index in [0.717, 1.165) is 6.54 Å². The number of hydrogen-bond acceptors (Lipinski definition) is 4. The SMILES string of the molecule is O=C(NC1CNCCO1)c1cc(NC(=O)[C@H]2[C@H](c3cc(Cl)cc(Cl)c3)C2(Cl)Cl)ccc1Cl. The second-order valence-electron chi connectivity index (χ2n) is 7.55. The summed E-state index contributed by atoms with van der Waals surface area (Å²) in [7, 11) is 0. The fourth-order valence-corrected chi connectivity index (χ4v) is 5.28. The average Bonchev–Trinajstić information content (AvgIpc) is 3.31. The van der Waals surface area contributed by atoms with Crippen LogP contribution in [0.3, 0.4) is 0 Å². The maximum absolute atomic E-state index is 12.9. The van der Waals surface area contributed by atoms with Crippen molar-refractivity contribution in [2.75, 3.05) is 25.0 Å². The fourth-order valence-electron chi connectivity index (χ4n) is 3.70. The number of carbonyl (C=O) groups excluding carboxylic acids is 2. The van der Waals surface area contributed by atoms with E-state index in [4.69, 9.17) is 62.7 Å². The molecule has 1 aliphatic carbocycles. The number of anilines is 1. The first-order chi connectivity index (χ1) is 15.2. The molecule has 3 N–H and O–H groups in total. The predicted octanol–water partition coefficient (Wildman–Crippen LogP) is 4.85. The molecule has 2 amide bonds. The smallest absolute Gasteiger partial charge is 0.254 e. The minimum atomic E-state index is -1.31. The molecule has 0 aromatic heterocycles. The van der Waals surface area contributed by atoms with Gasteiger partial charge in [0.05, 0.1) is 23.1 Å². The van der Waals surface area contributed by atoms with Crippen LogP contribution in [0.5, 0.6) is 0 Å². The van der Waals surface area contributed by atoms with Gasteiger partial charge in [0.25, 0.3) is 5.91 Å². The van der Waals surface area contributed by atoms with Crippen molar-refractivity contribution in [3.05, 3.63) is 62.6 Å². The van der Waals surface area contributed by atoms with Crippen molar-refractivity contribution in [2.45, 2.75) is 16.5 Å². The highest BCUT2D eigenvalue weighted by molar-refractivity contribution is 6.53. The zero-order chi connectivity index (χ0) is 23.0. The lowest BCUT2D eigenvalue weighted by Gasteiger charge is -2.24. The number of amides is 2. The lowest BCUT2D eigenvalue weighted by molar-refractivity contribution is -0.117. The van der Waals surface area contributed by atoms with E-state index in [0.29, 0.717) is 34.4 Å². The number of halogens is 5. The molecule has 11 heteroatoms. The molecule has 2 aliphatic rings. The Morgan fingerprint density at radius 3 is 2.44 bits per heavy atom. The van der Waals surface area contributed by atoms with Gasteiger partial charge in [0, 0.05) is 34.7 Å². The highest BCUT2D eigenvalue weighted by Gasteiger charge is 2.67. The van der Waals surface area contributed by atoms with Crippen LogP contribution in [0.1, 0.15) is 21.8 Å². The Kier molecular flexibility index (Phi) is 7.13. The molecule has 0 bridgehead atoms. The maximum Gasteiger partial charge on any atom is 0.254 e. The number of alkyl halides is 2. The summed E-state index contributed by atoms with van der Waals surface area (Å²) in [5, 5.41) is 9.73. The molecule has 1 saturated carbocycles. The minimum absolute atomic E-state index is 0.204. The van der Waals surface area contributed by atoms with Gasteiger partial charge in [-0.25, -0.2) is 0 Å². The van der Waals surface area contributed by atoms with E-state index in [9.17, 15) is 9.59 Å². The molecule has 2 fully saturated rings. The second-order valence-corrected chi connectivity index (χ2v) is 10.3. The van der Waals surface area contributed by atoms with E-state index in [-0.39, 0.29) is 10.6 Å². The van der Waals surface area contributed by atoms with E-state index in [1.165, 1.54) is 12.1 Å². The van der Waals surface area contributed by atoms with Gasteiger partial charge in [-0.15, -0.1) is 23.2 Å². The van der Waals surface area contributed by atoms with E-state index in [1.54, 1.807) is 24.3 Å². The van der Waals surface area contributed by atoms with Crippen LogP contribution in [0.2, 0.25) is 15.1 Å². The molecule has 0 spiro atoms. The van der Waals surface area contributed by atoms with Crippen LogP contribution < -0.4 is 16.0 Å². The molecule has 1 aliphatic heterocycles. The lowest BCUT2D eigenvalue weighted by atomic mass is 10.1. The summed E-state index contributed by atoms with van der Waals surface area (Å²) >= 11 is 31.1.